The van der Waals surface area contributed by atoms with Crippen molar-refractivity contribution in [3.8, 4) is 0 Å². The summed E-state index contributed by atoms with van der Waals surface area (Å²) in [6, 6.07) is 0.587. The van der Waals surface area contributed by atoms with Crippen LogP contribution in [0.25, 0.3) is 0 Å². The molecule has 3 heterocycles. The van der Waals surface area contributed by atoms with Crippen molar-refractivity contribution in [3.05, 3.63) is 17.6 Å². The fourth-order valence-corrected chi connectivity index (χ4v) is 3.95. The second-order valence-electron chi connectivity index (χ2n) is 7.46. The molecule has 25 heavy (non-hydrogen) atoms. The minimum atomic E-state index is 0.311. The third kappa shape index (κ3) is 4.48. The van der Waals surface area contributed by atoms with Gasteiger partial charge in [-0.3, -0.25) is 9.78 Å². The Balaban J connectivity index is 1.48. The number of anilines is 1. The molecule has 6 nitrogen and oxygen atoms in total. The number of nitrogens with zero attached hydrogens (tertiary/aromatic N) is 5. The van der Waals surface area contributed by atoms with Crippen LogP contribution < -0.4 is 4.90 Å². The number of piperidine rings is 1. The maximum Gasteiger partial charge on any atom is 0.222 e. The number of hydrogen-bond acceptors (Lipinski definition) is 5. The topological polar surface area (TPSA) is 52.6 Å². The highest BCUT2D eigenvalue weighted by Crippen LogP contribution is 2.21. The van der Waals surface area contributed by atoms with Crippen LogP contribution in [0.4, 0.5) is 5.82 Å². The van der Waals surface area contributed by atoms with E-state index in [-0.39, 0.29) is 0 Å². The largest absolute Gasteiger partial charge is 0.352 e. The van der Waals surface area contributed by atoms with Crippen LogP contribution in [0.5, 0.6) is 0 Å². The Bertz CT molecular complexity index is 597. The molecule has 3 rings (SSSR count). The van der Waals surface area contributed by atoms with Crippen molar-refractivity contribution >= 4 is 11.7 Å². The first-order valence-corrected chi connectivity index (χ1v) is 9.58. The van der Waals surface area contributed by atoms with Crippen LogP contribution in [-0.2, 0) is 4.79 Å². The second kappa shape index (κ2) is 8.13. The molecule has 6 heteroatoms. The number of rotatable bonds is 4. The predicted molar refractivity (Wildman–Crippen MR) is 99.8 cm³/mol. The van der Waals surface area contributed by atoms with Crippen LogP contribution in [0, 0.1) is 13.8 Å². The zero-order chi connectivity index (χ0) is 17.8. The molecule has 1 atom stereocenters. The highest BCUT2D eigenvalue weighted by atomic mass is 16.2. The first kappa shape index (κ1) is 18.1. The first-order valence-electron chi connectivity index (χ1n) is 9.58. The maximum absolute atomic E-state index is 12.6. The van der Waals surface area contributed by atoms with E-state index in [1.54, 1.807) is 6.20 Å². The van der Waals surface area contributed by atoms with Crippen molar-refractivity contribution < 1.29 is 4.79 Å². The van der Waals surface area contributed by atoms with Crippen molar-refractivity contribution in [2.75, 3.05) is 44.7 Å². The van der Waals surface area contributed by atoms with Crippen molar-refractivity contribution in [1.82, 2.24) is 19.8 Å². The number of carbonyl (C=O) groups is 1. The molecule has 0 bridgehead atoms. The van der Waals surface area contributed by atoms with Gasteiger partial charge in [-0.1, -0.05) is 6.42 Å². The van der Waals surface area contributed by atoms with E-state index in [1.807, 2.05) is 18.7 Å². The van der Waals surface area contributed by atoms with Gasteiger partial charge >= 0.3 is 0 Å². The lowest BCUT2D eigenvalue weighted by Gasteiger charge is -2.37. The van der Waals surface area contributed by atoms with Gasteiger partial charge in [0.2, 0.25) is 5.91 Å². The van der Waals surface area contributed by atoms with Crippen LogP contribution >= 0.6 is 0 Å². The summed E-state index contributed by atoms with van der Waals surface area (Å²) in [7, 11) is 2.19. The van der Waals surface area contributed by atoms with E-state index in [2.05, 4.69) is 26.8 Å². The number of aromatic nitrogens is 2. The zero-order valence-corrected chi connectivity index (χ0v) is 15.9. The summed E-state index contributed by atoms with van der Waals surface area (Å²) in [6.45, 7) is 8.40. The van der Waals surface area contributed by atoms with Gasteiger partial charge in [0.1, 0.15) is 5.82 Å². The predicted octanol–water partition coefficient (Wildman–Crippen LogP) is 2.01. The van der Waals surface area contributed by atoms with Gasteiger partial charge in [0.05, 0.1) is 11.4 Å². The zero-order valence-electron chi connectivity index (χ0n) is 15.9. The van der Waals surface area contributed by atoms with Crippen LogP contribution in [0.3, 0.4) is 0 Å². The van der Waals surface area contributed by atoms with Crippen molar-refractivity contribution in [3.63, 3.8) is 0 Å². The molecule has 2 fully saturated rings. The summed E-state index contributed by atoms with van der Waals surface area (Å²) < 4.78 is 0. The Labute approximate surface area is 151 Å². The minimum absolute atomic E-state index is 0.311. The number of likely N-dealkylation sites (tertiary alicyclic amines) is 1. The molecular weight excluding hydrogens is 314 g/mol. The maximum atomic E-state index is 12.6. The molecule has 0 spiro atoms. The molecule has 1 aromatic heterocycles. The monoisotopic (exact) mass is 345 g/mol. The number of hydrogen-bond donors (Lipinski definition) is 0. The summed E-state index contributed by atoms with van der Waals surface area (Å²) >= 11 is 0. The van der Waals surface area contributed by atoms with E-state index >= 15 is 0 Å². The summed E-state index contributed by atoms with van der Waals surface area (Å²) in [5, 5.41) is 0. The molecule has 1 amide bonds. The van der Waals surface area contributed by atoms with Crippen LogP contribution in [0.15, 0.2) is 6.20 Å². The lowest BCUT2D eigenvalue weighted by atomic mass is 9.98. The van der Waals surface area contributed by atoms with Gasteiger partial charge in [-0.2, -0.15) is 0 Å². The molecular formula is C19H31N5O. The summed E-state index contributed by atoms with van der Waals surface area (Å²) in [5.74, 6) is 1.28. The fraction of sp³-hybridized carbons (Fsp3) is 0.737. The lowest BCUT2D eigenvalue weighted by Crippen LogP contribution is -2.49. The highest BCUT2D eigenvalue weighted by molar-refractivity contribution is 5.76. The summed E-state index contributed by atoms with van der Waals surface area (Å²) in [4.78, 5) is 28.3. The van der Waals surface area contributed by atoms with Gasteiger partial charge in [-0.15, -0.1) is 0 Å². The molecule has 0 aromatic carbocycles. The molecule has 1 aromatic rings. The van der Waals surface area contributed by atoms with Gasteiger partial charge in [0.15, 0.2) is 0 Å². The Hall–Kier alpha value is -1.69. The van der Waals surface area contributed by atoms with Crippen molar-refractivity contribution in [2.45, 2.75) is 52.0 Å². The third-order valence-electron chi connectivity index (χ3n) is 5.60. The van der Waals surface area contributed by atoms with Crippen molar-refractivity contribution in [2.24, 2.45) is 0 Å². The molecule has 0 N–H and O–H groups in total. The van der Waals surface area contributed by atoms with E-state index in [4.69, 9.17) is 0 Å². The van der Waals surface area contributed by atoms with Crippen LogP contribution in [-0.4, -0.2) is 71.5 Å². The molecule has 2 saturated heterocycles. The van der Waals surface area contributed by atoms with Gasteiger partial charge in [-0.05, 0) is 46.7 Å². The first-order chi connectivity index (χ1) is 12.0. The quantitative estimate of drug-likeness (QED) is 0.835. The highest BCUT2D eigenvalue weighted by Gasteiger charge is 2.25. The van der Waals surface area contributed by atoms with E-state index < -0.39 is 0 Å². The summed E-state index contributed by atoms with van der Waals surface area (Å²) in [6.07, 6.45) is 7.32. The molecule has 0 aliphatic carbocycles. The van der Waals surface area contributed by atoms with E-state index in [0.717, 1.165) is 49.8 Å². The second-order valence-corrected chi connectivity index (χ2v) is 7.46. The van der Waals surface area contributed by atoms with Gasteiger partial charge < -0.3 is 14.7 Å². The Morgan fingerprint density at radius 1 is 1.16 bits per heavy atom. The SMILES string of the molecule is Cc1cnc(C)c(N2CCN(C(=O)CCC3CCCCN3C)CC2)n1. The molecule has 0 saturated carbocycles. The van der Waals surface area contributed by atoms with E-state index in [1.165, 1.54) is 25.8 Å². The smallest absolute Gasteiger partial charge is 0.222 e. The van der Waals surface area contributed by atoms with E-state index in [9.17, 15) is 4.79 Å². The normalized spacial score (nSPS) is 22.3. The van der Waals surface area contributed by atoms with Gasteiger partial charge in [-0.25, -0.2) is 4.98 Å². The molecule has 0 radical (unpaired) electrons. The van der Waals surface area contributed by atoms with Crippen molar-refractivity contribution in [1.29, 1.82) is 0 Å². The fourth-order valence-electron chi connectivity index (χ4n) is 3.95. The number of piperazine rings is 1. The van der Waals surface area contributed by atoms with Crippen LogP contribution in [0.1, 0.15) is 43.5 Å². The standard InChI is InChI=1S/C19H31N5O/c1-15-14-20-16(2)19(21-15)24-12-10-23(11-13-24)18(25)8-7-17-6-4-5-9-22(17)3/h14,17H,4-13H2,1-3H3. The average Bonchev–Trinajstić information content (AvgIpc) is 2.63. The number of amides is 1. The molecule has 2 aliphatic heterocycles. The Morgan fingerprint density at radius 2 is 1.92 bits per heavy atom. The number of carbonyl (C=O) groups excluding carboxylic acids is 1. The van der Waals surface area contributed by atoms with Crippen LogP contribution in [0.2, 0.25) is 0 Å². The van der Waals surface area contributed by atoms with Gasteiger partial charge in [0, 0.05) is 44.8 Å². The lowest BCUT2D eigenvalue weighted by molar-refractivity contribution is -0.131. The Kier molecular flexibility index (Phi) is 5.89. The third-order valence-corrected chi connectivity index (χ3v) is 5.60. The summed E-state index contributed by atoms with van der Waals surface area (Å²) in [5.41, 5.74) is 1.90. The molecule has 2 aliphatic rings. The minimum Gasteiger partial charge on any atom is -0.352 e. The molecule has 1 unspecified atom stereocenters. The average molecular weight is 345 g/mol. The Morgan fingerprint density at radius 3 is 2.64 bits per heavy atom. The van der Waals surface area contributed by atoms with E-state index in [0.29, 0.717) is 18.4 Å². The molecule has 138 valence electrons. The number of aryl methyl sites for hydroxylation is 2. The van der Waals surface area contributed by atoms with Gasteiger partial charge in [0.25, 0.3) is 0 Å².